The molecular weight excluding hydrogens is 963 g/mol. The van der Waals surface area contributed by atoms with Crippen LogP contribution in [0.1, 0.15) is 335 Å². The van der Waals surface area contributed by atoms with E-state index in [0.29, 0.717) is 6.42 Å². The fourth-order valence-electron chi connectivity index (χ4n) is 11.0. The third-order valence-electron chi connectivity index (χ3n) is 16.4. The van der Waals surface area contributed by atoms with Gasteiger partial charge in [0.2, 0.25) is 5.91 Å². The maximum absolute atomic E-state index is 13.1. The Balaban J connectivity index is 2.07. The number of unbranched alkanes of at least 4 members (excludes halogenated alkanes) is 46. The van der Waals surface area contributed by atoms with Gasteiger partial charge in [-0.2, -0.15) is 0 Å². The van der Waals surface area contributed by atoms with Crippen LogP contribution in [0, 0.1) is 0 Å². The molecule has 10 nitrogen and oxygen atoms in total. The van der Waals surface area contributed by atoms with E-state index >= 15 is 0 Å². The van der Waals surface area contributed by atoms with Crippen LogP contribution in [-0.4, -0.2) is 98.7 Å². The molecule has 0 bridgehead atoms. The number of hydrogen-bond acceptors (Lipinski definition) is 9. The van der Waals surface area contributed by atoms with Gasteiger partial charge in [-0.05, 0) is 44.9 Å². The first kappa shape index (κ1) is 73.6. The number of nitrogens with one attached hydrogen (secondary N) is 1. The van der Waals surface area contributed by atoms with Crippen molar-refractivity contribution in [3.05, 3.63) is 24.3 Å². The molecule has 0 radical (unpaired) electrons. The van der Waals surface area contributed by atoms with E-state index in [1.807, 2.05) is 6.08 Å². The molecule has 1 aliphatic rings. The van der Waals surface area contributed by atoms with Crippen molar-refractivity contribution in [3.63, 3.8) is 0 Å². The average Bonchev–Trinajstić information content (AvgIpc) is 3.44. The number of aliphatic hydroxyl groups excluding tert-OH is 6. The molecule has 1 rings (SSSR count). The maximum atomic E-state index is 13.1. The van der Waals surface area contributed by atoms with Gasteiger partial charge in [-0.1, -0.05) is 314 Å². The monoisotopic (exact) mass is 1090 g/mol. The second-order valence-electron chi connectivity index (χ2n) is 23.8. The summed E-state index contributed by atoms with van der Waals surface area (Å²) in [5, 5.41) is 65.1. The van der Waals surface area contributed by atoms with Gasteiger partial charge >= 0.3 is 0 Å². The van der Waals surface area contributed by atoms with Crippen LogP contribution in [0.5, 0.6) is 0 Å². The van der Waals surface area contributed by atoms with Crippen LogP contribution in [0.2, 0.25) is 0 Å². The van der Waals surface area contributed by atoms with Gasteiger partial charge < -0.3 is 45.4 Å². The van der Waals surface area contributed by atoms with Gasteiger partial charge in [0.15, 0.2) is 6.29 Å². The Hall–Kier alpha value is -1.37. The smallest absolute Gasteiger partial charge is 0.249 e. The molecule has 1 amide bonds. The molecule has 0 spiro atoms. The van der Waals surface area contributed by atoms with E-state index in [0.717, 1.165) is 44.9 Å². The molecule has 77 heavy (non-hydrogen) atoms. The summed E-state index contributed by atoms with van der Waals surface area (Å²) in [7, 11) is 0. The van der Waals surface area contributed by atoms with E-state index in [2.05, 4.69) is 31.3 Å². The summed E-state index contributed by atoms with van der Waals surface area (Å²) in [5.41, 5.74) is 0. The van der Waals surface area contributed by atoms with Crippen LogP contribution in [0.3, 0.4) is 0 Å². The second-order valence-corrected chi connectivity index (χ2v) is 23.8. The lowest BCUT2D eigenvalue weighted by Gasteiger charge is -2.40. The van der Waals surface area contributed by atoms with Crippen LogP contribution in [-0.2, 0) is 14.3 Å². The molecule has 0 aromatic rings. The zero-order chi connectivity index (χ0) is 55.9. The van der Waals surface area contributed by atoms with Crippen LogP contribution < -0.4 is 5.32 Å². The number of aliphatic hydroxyl groups is 6. The van der Waals surface area contributed by atoms with Gasteiger partial charge in [-0.25, -0.2) is 0 Å². The topological polar surface area (TPSA) is 169 Å². The summed E-state index contributed by atoms with van der Waals surface area (Å²) in [6.07, 6.45) is 63.3. The lowest BCUT2D eigenvalue weighted by molar-refractivity contribution is -0.302. The van der Waals surface area contributed by atoms with Crippen molar-refractivity contribution >= 4 is 5.91 Å². The van der Waals surface area contributed by atoms with Gasteiger partial charge in [-0.3, -0.25) is 4.79 Å². The van der Waals surface area contributed by atoms with Crippen molar-refractivity contribution in [1.29, 1.82) is 0 Å². The number of amides is 1. The van der Waals surface area contributed by atoms with Gasteiger partial charge in [0, 0.05) is 0 Å². The van der Waals surface area contributed by atoms with Crippen molar-refractivity contribution in [3.8, 4) is 0 Å². The Morgan fingerprint density at radius 3 is 1.09 bits per heavy atom. The van der Waals surface area contributed by atoms with E-state index < -0.39 is 61.5 Å². The summed E-state index contributed by atoms with van der Waals surface area (Å²) in [6, 6.07) is -0.978. The molecule has 0 aliphatic carbocycles. The normalized spacial score (nSPS) is 19.2. The second kappa shape index (κ2) is 56.5. The van der Waals surface area contributed by atoms with Crippen molar-refractivity contribution in [2.45, 2.75) is 384 Å². The number of rotatable bonds is 59. The summed E-state index contributed by atoms with van der Waals surface area (Å²) in [4.78, 5) is 13.1. The van der Waals surface area contributed by atoms with Gasteiger partial charge in [0.1, 0.15) is 30.5 Å². The SMILES string of the molecule is CCCCCCCCCCCCCC/C=C/C(O)C(COC1OC(CO)C(O)C(O)C1O)NC(=O)C(O)CCCCCCCCCCCCCCCCCC/C=C\CCCCCCCCCCCCCCCCCCCC. The largest absolute Gasteiger partial charge is 0.394 e. The van der Waals surface area contributed by atoms with Gasteiger partial charge in [0.25, 0.3) is 0 Å². The maximum Gasteiger partial charge on any atom is 0.249 e. The zero-order valence-corrected chi connectivity index (χ0v) is 50.6. The van der Waals surface area contributed by atoms with Crippen LogP contribution in [0.15, 0.2) is 24.3 Å². The molecule has 10 heteroatoms. The lowest BCUT2D eigenvalue weighted by atomic mass is 9.99. The number of ether oxygens (including phenoxy) is 2. The highest BCUT2D eigenvalue weighted by Crippen LogP contribution is 2.23. The van der Waals surface area contributed by atoms with E-state index in [4.69, 9.17) is 9.47 Å². The molecule has 0 aromatic carbocycles. The summed E-state index contributed by atoms with van der Waals surface area (Å²) in [5.74, 6) is -0.611. The van der Waals surface area contributed by atoms with Crippen molar-refractivity contribution in [1.82, 2.24) is 5.32 Å². The summed E-state index contributed by atoms with van der Waals surface area (Å²) >= 11 is 0. The number of carbonyl (C=O) groups is 1. The quantitative estimate of drug-likeness (QED) is 0.0232. The first-order chi connectivity index (χ1) is 37.8. The van der Waals surface area contributed by atoms with E-state index in [-0.39, 0.29) is 6.61 Å². The highest BCUT2D eigenvalue weighted by Gasteiger charge is 2.44. The standard InChI is InChI=1S/C67H129NO9/c1-3-5-7-9-11-13-15-17-19-20-21-22-23-24-25-26-27-28-29-30-31-32-33-34-35-36-37-38-39-40-41-42-44-46-48-50-52-54-56-61(71)66(75)68-59(58-76-67-65(74)64(73)63(72)62(57-69)77-67)60(70)55-53-51-49-47-45-43-18-16-14-12-10-8-6-4-2/h30-31,53,55,59-65,67,69-74H,3-29,32-52,54,56-58H2,1-2H3,(H,68,75)/b31-30-,55-53+. The fraction of sp³-hybridized carbons (Fsp3) is 0.925. The molecule has 1 aliphatic heterocycles. The van der Waals surface area contributed by atoms with Gasteiger partial charge in [0.05, 0.1) is 25.4 Å². The summed E-state index contributed by atoms with van der Waals surface area (Å²) < 4.78 is 11.2. The highest BCUT2D eigenvalue weighted by atomic mass is 16.7. The number of allylic oxidation sites excluding steroid dienone is 3. The number of hydrogen-bond donors (Lipinski definition) is 7. The fourth-order valence-corrected chi connectivity index (χ4v) is 11.0. The minimum absolute atomic E-state index is 0.302. The minimum Gasteiger partial charge on any atom is -0.394 e. The zero-order valence-electron chi connectivity index (χ0n) is 50.6. The molecule has 1 saturated heterocycles. The molecule has 8 unspecified atom stereocenters. The Morgan fingerprint density at radius 2 is 0.753 bits per heavy atom. The van der Waals surface area contributed by atoms with E-state index in [9.17, 15) is 35.4 Å². The average molecular weight is 1090 g/mol. The Labute approximate surface area is 475 Å². The third kappa shape index (κ3) is 44.9. The molecule has 7 N–H and O–H groups in total. The molecule has 1 fully saturated rings. The highest BCUT2D eigenvalue weighted by molar-refractivity contribution is 5.80. The number of carbonyl (C=O) groups excluding carboxylic acids is 1. The molecule has 1 heterocycles. The summed E-state index contributed by atoms with van der Waals surface area (Å²) in [6.45, 7) is 3.65. The molecule has 0 saturated carbocycles. The Kier molecular flexibility index (Phi) is 54.0. The Bertz CT molecular complexity index is 1280. The Morgan fingerprint density at radius 1 is 0.442 bits per heavy atom. The van der Waals surface area contributed by atoms with Crippen LogP contribution in [0.25, 0.3) is 0 Å². The van der Waals surface area contributed by atoms with Gasteiger partial charge in [-0.15, -0.1) is 0 Å². The minimum atomic E-state index is -1.61. The molecule has 456 valence electrons. The predicted octanol–water partition coefficient (Wildman–Crippen LogP) is 16.7. The predicted molar refractivity (Wildman–Crippen MR) is 324 cm³/mol. The lowest BCUT2D eigenvalue weighted by Crippen LogP contribution is -2.60. The first-order valence-electron chi connectivity index (χ1n) is 33.7. The van der Waals surface area contributed by atoms with E-state index in [1.54, 1.807) is 6.08 Å². The van der Waals surface area contributed by atoms with Crippen molar-refractivity contribution < 1.29 is 44.9 Å². The third-order valence-corrected chi connectivity index (χ3v) is 16.4. The first-order valence-corrected chi connectivity index (χ1v) is 33.7. The molecule has 8 atom stereocenters. The molecular formula is C67H129NO9. The van der Waals surface area contributed by atoms with E-state index in [1.165, 1.54) is 270 Å². The van der Waals surface area contributed by atoms with Crippen molar-refractivity contribution in [2.75, 3.05) is 13.2 Å². The van der Waals surface area contributed by atoms with Crippen molar-refractivity contribution in [2.24, 2.45) is 0 Å². The van der Waals surface area contributed by atoms with Crippen LogP contribution in [0.4, 0.5) is 0 Å². The van der Waals surface area contributed by atoms with Crippen LogP contribution >= 0.6 is 0 Å². The molecule has 0 aromatic heterocycles.